The number of rotatable bonds is 5. The number of nitrogens with one attached hydrogen (secondary N) is 1. The van der Waals surface area contributed by atoms with E-state index in [9.17, 15) is 8.42 Å². The van der Waals surface area contributed by atoms with Gasteiger partial charge in [-0.3, -0.25) is 0 Å². The molecule has 0 aliphatic heterocycles. The Hall–Kier alpha value is -1.27. The first kappa shape index (κ1) is 14.1. The third kappa shape index (κ3) is 2.84. The lowest BCUT2D eigenvalue weighted by Crippen LogP contribution is -2.24. The maximum atomic E-state index is 12.1. The van der Waals surface area contributed by atoms with Crippen LogP contribution in [0.1, 0.15) is 19.3 Å². The Balaban J connectivity index is 2.22. The van der Waals surface area contributed by atoms with E-state index in [0.717, 1.165) is 6.54 Å². The zero-order chi connectivity index (χ0) is 14.0. The summed E-state index contributed by atoms with van der Waals surface area (Å²) in [6, 6.07) is 5.08. The van der Waals surface area contributed by atoms with Gasteiger partial charge in [0, 0.05) is 20.6 Å². The number of hydrogen-bond acceptors (Lipinski definition) is 4. The number of nitrogen functional groups attached to an aromatic ring is 1. The van der Waals surface area contributed by atoms with Gasteiger partial charge in [0.2, 0.25) is 10.0 Å². The Morgan fingerprint density at radius 2 is 2.05 bits per heavy atom. The molecule has 0 aromatic heterocycles. The summed E-state index contributed by atoms with van der Waals surface area (Å²) in [5, 5.41) is 3.26. The molecular weight excluding hydrogens is 262 g/mol. The van der Waals surface area contributed by atoms with E-state index in [2.05, 4.69) is 5.32 Å². The summed E-state index contributed by atoms with van der Waals surface area (Å²) in [4.78, 5) is 0.163. The largest absolute Gasteiger partial charge is 0.396 e. The van der Waals surface area contributed by atoms with Crippen molar-refractivity contribution in [3.63, 3.8) is 0 Å². The highest BCUT2D eigenvalue weighted by atomic mass is 32.2. The van der Waals surface area contributed by atoms with Crippen molar-refractivity contribution in [2.75, 3.05) is 31.7 Å². The second-order valence-corrected chi connectivity index (χ2v) is 7.30. The Bertz CT molecular complexity index is 551. The summed E-state index contributed by atoms with van der Waals surface area (Å²) in [5.41, 5.74) is 6.99. The quantitative estimate of drug-likeness (QED) is 0.807. The molecule has 1 fully saturated rings. The number of nitrogens with two attached hydrogens (primary N) is 1. The average molecular weight is 283 g/mol. The summed E-state index contributed by atoms with van der Waals surface area (Å²) >= 11 is 0. The van der Waals surface area contributed by atoms with Gasteiger partial charge in [-0.2, -0.15) is 0 Å². The zero-order valence-corrected chi connectivity index (χ0v) is 12.2. The minimum atomic E-state index is -3.49. The van der Waals surface area contributed by atoms with Gasteiger partial charge in [-0.15, -0.1) is 0 Å². The first-order chi connectivity index (χ1) is 8.93. The van der Waals surface area contributed by atoms with Gasteiger partial charge in [0.25, 0.3) is 0 Å². The van der Waals surface area contributed by atoms with Crippen molar-refractivity contribution in [1.29, 1.82) is 0 Å². The summed E-state index contributed by atoms with van der Waals surface area (Å²) in [7, 11) is -0.485. The molecule has 0 spiro atoms. The van der Waals surface area contributed by atoms with E-state index >= 15 is 0 Å². The molecule has 0 atom stereocenters. The third-order valence-corrected chi connectivity index (χ3v) is 5.50. The molecule has 0 amide bonds. The third-order valence-electron chi connectivity index (χ3n) is 3.63. The van der Waals surface area contributed by atoms with Crippen LogP contribution in [0.15, 0.2) is 23.1 Å². The number of para-hydroxylation sites is 1. The second kappa shape index (κ2) is 5.38. The highest BCUT2D eigenvalue weighted by molar-refractivity contribution is 7.89. The van der Waals surface area contributed by atoms with Crippen molar-refractivity contribution in [2.45, 2.75) is 24.2 Å². The second-order valence-electron chi connectivity index (χ2n) is 5.18. The van der Waals surface area contributed by atoms with Crippen LogP contribution in [0.3, 0.4) is 0 Å². The van der Waals surface area contributed by atoms with Crippen molar-refractivity contribution < 1.29 is 8.42 Å². The molecule has 106 valence electrons. The Morgan fingerprint density at radius 1 is 1.37 bits per heavy atom. The van der Waals surface area contributed by atoms with Gasteiger partial charge in [0.15, 0.2) is 0 Å². The van der Waals surface area contributed by atoms with Gasteiger partial charge >= 0.3 is 0 Å². The van der Waals surface area contributed by atoms with Crippen LogP contribution in [0.25, 0.3) is 0 Å². The van der Waals surface area contributed by atoms with Crippen LogP contribution in [-0.2, 0) is 10.0 Å². The van der Waals surface area contributed by atoms with E-state index in [1.165, 1.54) is 37.7 Å². The SMILES string of the molecule is CN(C)S(=O)(=O)c1cccc(NCC2CCC2)c1N. The van der Waals surface area contributed by atoms with Crippen molar-refractivity contribution >= 4 is 21.4 Å². The predicted molar refractivity (Wildman–Crippen MR) is 77.6 cm³/mol. The fraction of sp³-hybridized carbons (Fsp3) is 0.538. The molecule has 1 aromatic rings. The monoisotopic (exact) mass is 283 g/mol. The van der Waals surface area contributed by atoms with Gasteiger partial charge in [-0.1, -0.05) is 12.5 Å². The van der Waals surface area contributed by atoms with Crippen LogP contribution < -0.4 is 11.1 Å². The molecule has 6 heteroatoms. The minimum absolute atomic E-state index is 0.163. The lowest BCUT2D eigenvalue weighted by atomic mass is 9.85. The maximum Gasteiger partial charge on any atom is 0.244 e. The molecule has 1 aliphatic rings. The topological polar surface area (TPSA) is 75.4 Å². The number of sulfonamides is 1. The van der Waals surface area contributed by atoms with Crippen LogP contribution in [0.2, 0.25) is 0 Å². The van der Waals surface area contributed by atoms with Crippen LogP contribution in [0.4, 0.5) is 11.4 Å². The molecule has 0 radical (unpaired) electrons. The van der Waals surface area contributed by atoms with Crippen molar-refractivity contribution in [2.24, 2.45) is 5.92 Å². The van der Waals surface area contributed by atoms with E-state index in [-0.39, 0.29) is 4.90 Å². The molecule has 19 heavy (non-hydrogen) atoms. The highest BCUT2D eigenvalue weighted by Gasteiger charge is 2.22. The van der Waals surface area contributed by atoms with E-state index in [0.29, 0.717) is 17.3 Å². The summed E-state index contributed by atoms with van der Waals surface area (Å²) in [6.45, 7) is 0.857. The molecule has 0 saturated heterocycles. The molecule has 0 heterocycles. The van der Waals surface area contributed by atoms with Crippen LogP contribution >= 0.6 is 0 Å². The fourth-order valence-electron chi connectivity index (χ4n) is 2.07. The number of anilines is 2. The molecule has 2 rings (SSSR count). The lowest BCUT2D eigenvalue weighted by Gasteiger charge is -2.26. The summed E-state index contributed by atoms with van der Waals surface area (Å²) in [6.07, 6.45) is 3.77. The van der Waals surface area contributed by atoms with Gasteiger partial charge in [0.05, 0.1) is 11.4 Å². The van der Waals surface area contributed by atoms with Crippen LogP contribution in [0, 0.1) is 5.92 Å². The summed E-state index contributed by atoms with van der Waals surface area (Å²) < 4.78 is 25.4. The molecule has 1 aliphatic carbocycles. The number of nitrogens with zero attached hydrogens (tertiary/aromatic N) is 1. The number of hydrogen-bond donors (Lipinski definition) is 2. The molecular formula is C13H21N3O2S. The van der Waals surface area contributed by atoms with Gasteiger partial charge < -0.3 is 11.1 Å². The molecule has 3 N–H and O–H groups in total. The van der Waals surface area contributed by atoms with Gasteiger partial charge in [-0.25, -0.2) is 12.7 Å². The van der Waals surface area contributed by atoms with Crippen molar-refractivity contribution in [1.82, 2.24) is 4.31 Å². The standard InChI is InChI=1S/C13H21N3O2S/c1-16(2)19(17,18)12-8-4-7-11(13(12)14)15-9-10-5-3-6-10/h4,7-8,10,15H,3,5-6,9,14H2,1-2H3. The normalized spacial score (nSPS) is 16.4. The molecule has 0 unspecified atom stereocenters. The van der Waals surface area contributed by atoms with Crippen LogP contribution in [-0.4, -0.2) is 33.4 Å². The highest BCUT2D eigenvalue weighted by Crippen LogP contribution is 2.30. The molecule has 1 aromatic carbocycles. The van der Waals surface area contributed by atoms with Crippen molar-refractivity contribution in [3.05, 3.63) is 18.2 Å². The zero-order valence-electron chi connectivity index (χ0n) is 11.4. The Labute approximate surface area is 114 Å². The van der Waals surface area contributed by atoms with Crippen LogP contribution in [0.5, 0.6) is 0 Å². The average Bonchev–Trinajstić information content (AvgIpc) is 2.28. The van der Waals surface area contributed by atoms with E-state index in [1.807, 2.05) is 6.07 Å². The minimum Gasteiger partial charge on any atom is -0.396 e. The lowest BCUT2D eigenvalue weighted by molar-refractivity contribution is 0.333. The molecule has 1 saturated carbocycles. The van der Waals surface area contributed by atoms with Crippen molar-refractivity contribution in [3.8, 4) is 0 Å². The van der Waals surface area contributed by atoms with E-state index in [4.69, 9.17) is 5.73 Å². The first-order valence-corrected chi connectivity index (χ1v) is 7.92. The van der Waals surface area contributed by atoms with Gasteiger partial charge in [-0.05, 0) is 30.9 Å². The fourth-order valence-corrected chi connectivity index (χ4v) is 3.10. The molecule has 5 nitrogen and oxygen atoms in total. The Kier molecular flexibility index (Phi) is 4.01. The number of benzene rings is 1. The van der Waals surface area contributed by atoms with Gasteiger partial charge in [0.1, 0.15) is 4.90 Å². The molecule has 0 bridgehead atoms. The Morgan fingerprint density at radius 3 is 2.58 bits per heavy atom. The maximum absolute atomic E-state index is 12.1. The summed E-state index contributed by atoms with van der Waals surface area (Å²) in [5.74, 6) is 0.688. The van der Waals surface area contributed by atoms with E-state index in [1.54, 1.807) is 12.1 Å². The van der Waals surface area contributed by atoms with E-state index < -0.39 is 10.0 Å². The predicted octanol–water partition coefficient (Wildman–Crippen LogP) is 1.73. The smallest absolute Gasteiger partial charge is 0.244 e. The first-order valence-electron chi connectivity index (χ1n) is 6.48.